The zero-order chi connectivity index (χ0) is 19.1. The average molecular weight is 366 g/mol. The number of carbonyl (C=O) groups is 2. The lowest BCUT2D eigenvalue weighted by atomic mass is 9.84. The molecule has 2 aromatic rings. The van der Waals surface area contributed by atoms with Crippen molar-refractivity contribution >= 4 is 17.8 Å². The monoisotopic (exact) mass is 366 g/mol. The molecule has 0 radical (unpaired) electrons. The van der Waals surface area contributed by atoms with Crippen LogP contribution in [0.4, 0.5) is 4.39 Å². The van der Waals surface area contributed by atoms with Gasteiger partial charge >= 0.3 is 5.97 Å². The van der Waals surface area contributed by atoms with Gasteiger partial charge < -0.3 is 4.74 Å². The van der Waals surface area contributed by atoms with Gasteiger partial charge in [0.15, 0.2) is 12.4 Å². The van der Waals surface area contributed by atoms with Crippen molar-refractivity contribution in [1.29, 1.82) is 0 Å². The van der Waals surface area contributed by atoms with Gasteiger partial charge in [-0.15, -0.1) is 0 Å². The van der Waals surface area contributed by atoms with E-state index in [9.17, 15) is 14.0 Å². The molecule has 1 aliphatic carbocycles. The molecule has 1 fully saturated rings. The molecule has 0 amide bonds. The van der Waals surface area contributed by atoms with Crippen molar-refractivity contribution in [3.8, 4) is 0 Å². The van der Waals surface area contributed by atoms with Crippen LogP contribution >= 0.6 is 0 Å². The maximum atomic E-state index is 13.1. The molecule has 0 atom stereocenters. The topological polar surface area (TPSA) is 43.4 Å². The van der Waals surface area contributed by atoms with Gasteiger partial charge in [0.25, 0.3) is 0 Å². The second kappa shape index (κ2) is 9.26. The molecule has 0 saturated heterocycles. The highest BCUT2D eigenvalue weighted by atomic mass is 19.1. The van der Waals surface area contributed by atoms with Gasteiger partial charge in [0, 0.05) is 11.6 Å². The highest BCUT2D eigenvalue weighted by Crippen LogP contribution is 2.32. The van der Waals surface area contributed by atoms with Crippen LogP contribution in [0, 0.1) is 5.82 Å². The standard InChI is InChI=1S/C23H23FO3/c24-21-8-4-5-17(15-21)9-14-23(26)27-16-22(25)20-12-10-19(11-13-20)18-6-2-1-3-7-18/h4-5,8-15,18H,1-3,6-7,16H2/b14-9+. The molecule has 1 aliphatic rings. The van der Waals surface area contributed by atoms with Crippen molar-refractivity contribution in [3.63, 3.8) is 0 Å². The van der Waals surface area contributed by atoms with Gasteiger partial charge in [0.1, 0.15) is 5.82 Å². The Bertz CT molecular complexity index is 818. The van der Waals surface area contributed by atoms with Crippen molar-refractivity contribution in [2.45, 2.75) is 38.0 Å². The minimum Gasteiger partial charge on any atom is -0.454 e. The lowest BCUT2D eigenvalue weighted by Gasteiger charge is -2.22. The van der Waals surface area contributed by atoms with Crippen molar-refractivity contribution < 1.29 is 18.7 Å². The molecule has 3 nitrogen and oxygen atoms in total. The van der Waals surface area contributed by atoms with E-state index in [1.807, 2.05) is 24.3 Å². The number of ether oxygens (including phenoxy) is 1. The van der Waals surface area contributed by atoms with Gasteiger partial charge in [-0.2, -0.15) is 0 Å². The normalized spacial score (nSPS) is 15.0. The third-order valence-electron chi connectivity index (χ3n) is 4.92. The lowest BCUT2D eigenvalue weighted by molar-refractivity contribution is -0.136. The molecule has 3 rings (SSSR count). The Labute approximate surface area is 158 Å². The SMILES string of the molecule is O=C(/C=C/c1cccc(F)c1)OCC(=O)c1ccc(C2CCCCC2)cc1. The lowest BCUT2D eigenvalue weighted by Crippen LogP contribution is -2.13. The van der Waals surface area contributed by atoms with E-state index in [0.717, 1.165) is 0 Å². The number of halogens is 1. The van der Waals surface area contributed by atoms with Crippen molar-refractivity contribution in [1.82, 2.24) is 0 Å². The Balaban J connectivity index is 1.50. The Morgan fingerprint density at radius 1 is 1.04 bits per heavy atom. The van der Waals surface area contributed by atoms with Crippen molar-refractivity contribution in [3.05, 3.63) is 77.1 Å². The molecule has 0 unspecified atom stereocenters. The van der Waals surface area contributed by atoms with Crippen LogP contribution < -0.4 is 0 Å². The van der Waals surface area contributed by atoms with Gasteiger partial charge in [-0.3, -0.25) is 4.79 Å². The van der Waals surface area contributed by atoms with Crippen LogP contribution in [0.2, 0.25) is 0 Å². The maximum absolute atomic E-state index is 13.1. The van der Waals surface area contributed by atoms with E-state index in [1.54, 1.807) is 12.1 Å². The molecule has 0 N–H and O–H groups in total. The Morgan fingerprint density at radius 2 is 1.78 bits per heavy atom. The van der Waals surface area contributed by atoms with Crippen LogP contribution in [0.1, 0.15) is 59.5 Å². The minimum absolute atomic E-state index is 0.238. The second-order valence-electron chi connectivity index (χ2n) is 6.88. The quantitative estimate of drug-likeness (QED) is 0.395. The number of carbonyl (C=O) groups excluding carboxylic acids is 2. The van der Waals surface area contributed by atoms with Crippen LogP contribution in [-0.2, 0) is 9.53 Å². The molecular formula is C23H23FO3. The number of benzene rings is 2. The summed E-state index contributed by atoms with van der Waals surface area (Å²) in [5, 5.41) is 0. The summed E-state index contributed by atoms with van der Waals surface area (Å²) in [7, 11) is 0. The molecule has 0 aromatic heterocycles. The maximum Gasteiger partial charge on any atom is 0.331 e. The van der Waals surface area contributed by atoms with Crippen LogP contribution in [0.25, 0.3) is 6.08 Å². The average Bonchev–Trinajstić information content (AvgIpc) is 2.71. The fourth-order valence-corrected chi connectivity index (χ4v) is 3.42. The Morgan fingerprint density at radius 3 is 2.48 bits per heavy atom. The summed E-state index contributed by atoms with van der Waals surface area (Å²) in [4.78, 5) is 23.9. The first-order chi connectivity index (χ1) is 13.1. The van der Waals surface area contributed by atoms with Gasteiger partial charge in [0.05, 0.1) is 0 Å². The molecule has 1 saturated carbocycles. The number of ketones is 1. The van der Waals surface area contributed by atoms with E-state index in [2.05, 4.69) is 0 Å². The first kappa shape index (κ1) is 19.0. The first-order valence-electron chi connectivity index (χ1n) is 9.35. The molecule has 0 spiro atoms. The Kier molecular flexibility index (Phi) is 6.53. The molecule has 4 heteroatoms. The van der Waals surface area contributed by atoms with Gasteiger partial charge in [-0.1, -0.05) is 55.7 Å². The smallest absolute Gasteiger partial charge is 0.331 e. The van der Waals surface area contributed by atoms with E-state index < -0.39 is 5.97 Å². The van der Waals surface area contributed by atoms with E-state index in [1.165, 1.54) is 62.0 Å². The summed E-state index contributed by atoms with van der Waals surface area (Å²) in [5.41, 5.74) is 2.37. The summed E-state index contributed by atoms with van der Waals surface area (Å²) in [6.45, 7) is -0.310. The predicted octanol–water partition coefficient (Wildman–Crippen LogP) is 5.31. The Hall–Kier alpha value is -2.75. The molecule has 0 aliphatic heterocycles. The molecule has 0 heterocycles. The fourth-order valence-electron chi connectivity index (χ4n) is 3.42. The zero-order valence-electron chi connectivity index (χ0n) is 15.2. The summed E-state index contributed by atoms with van der Waals surface area (Å²) >= 11 is 0. The third-order valence-corrected chi connectivity index (χ3v) is 4.92. The van der Waals surface area contributed by atoms with E-state index in [0.29, 0.717) is 17.0 Å². The molecular weight excluding hydrogens is 343 g/mol. The largest absolute Gasteiger partial charge is 0.454 e. The van der Waals surface area contributed by atoms with E-state index in [-0.39, 0.29) is 18.2 Å². The van der Waals surface area contributed by atoms with Crippen molar-refractivity contribution in [2.24, 2.45) is 0 Å². The number of Topliss-reactive ketones (excluding diaryl/α,β-unsaturated/α-hetero) is 1. The second-order valence-corrected chi connectivity index (χ2v) is 6.88. The van der Waals surface area contributed by atoms with Crippen LogP contribution in [-0.4, -0.2) is 18.4 Å². The number of hydrogen-bond acceptors (Lipinski definition) is 3. The number of rotatable bonds is 6. The van der Waals surface area contributed by atoms with E-state index >= 15 is 0 Å². The van der Waals surface area contributed by atoms with Crippen LogP contribution in [0.5, 0.6) is 0 Å². The summed E-state index contributed by atoms with van der Waals surface area (Å²) in [6, 6.07) is 13.5. The zero-order valence-corrected chi connectivity index (χ0v) is 15.2. The molecule has 27 heavy (non-hydrogen) atoms. The highest BCUT2D eigenvalue weighted by molar-refractivity contribution is 5.98. The first-order valence-corrected chi connectivity index (χ1v) is 9.35. The minimum atomic E-state index is -0.633. The molecule has 0 bridgehead atoms. The summed E-state index contributed by atoms with van der Waals surface area (Å²) < 4.78 is 18.1. The third kappa shape index (κ3) is 5.61. The summed E-state index contributed by atoms with van der Waals surface area (Å²) in [6.07, 6.45) is 8.91. The highest BCUT2D eigenvalue weighted by Gasteiger charge is 2.16. The van der Waals surface area contributed by atoms with Gasteiger partial charge in [-0.25, -0.2) is 9.18 Å². The van der Waals surface area contributed by atoms with Gasteiger partial charge in [0.2, 0.25) is 0 Å². The van der Waals surface area contributed by atoms with Crippen molar-refractivity contribution in [2.75, 3.05) is 6.61 Å². The van der Waals surface area contributed by atoms with Crippen LogP contribution in [0.3, 0.4) is 0 Å². The summed E-state index contributed by atoms with van der Waals surface area (Å²) in [5.74, 6) is -0.657. The number of hydrogen-bond donors (Lipinski definition) is 0. The number of esters is 1. The van der Waals surface area contributed by atoms with Gasteiger partial charge in [-0.05, 0) is 48.1 Å². The van der Waals surface area contributed by atoms with Crippen LogP contribution in [0.15, 0.2) is 54.6 Å². The fraction of sp³-hybridized carbons (Fsp3) is 0.304. The molecule has 140 valence electrons. The predicted molar refractivity (Wildman–Crippen MR) is 103 cm³/mol. The van der Waals surface area contributed by atoms with E-state index in [4.69, 9.17) is 4.74 Å². The molecule has 2 aromatic carbocycles.